The summed E-state index contributed by atoms with van der Waals surface area (Å²) in [6.45, 7) is 11.6. The highest BCUT2D eigenvalue weighted by atomic mass is 28.4. The summed E-state index contributed by atoms with van der Waals surface area (Å²) in [7, 11) is -2.44. The summed E-state index contributed by atoms with van der Waals surface area (Å²) in [6.07, 6.45) is 2.08. The van der Waals surface area contributed by atoms with Crippen molar-refractivity contribution in [1.29, 1.82) is 0 Å². The zero-order chi connectivity index (χ0) is 18.5. The fourth-order valence-corrected chi connectivity index (χ4v) is 8.08. The van der Waals surface area contributed by atoms with Crippen LogP contribution < -0.4 is 16.1 Å². The Hall–Kier alpha value is -1.68. The molecule has 0 aliphatic carbocycles. The first kappa shape index (κ1) is 19.6. The van der Waals surface area contributed by atoms with Gasteiger partial charge in [0.25, 0.3) is 8.32 Å². The van der Waals surface area contributed by atoms with Crippen LogP contribution in [0.4, 0.5) is 0 Å². The molecule has 0 aliphatic heterocycles. The van der Waals surface area contributed by atoms with Gasteiger partial charge in [0.05, 0.1) is 6.61 Å². The predicted octanol–water partition coefficient (Wildman–Crippen LogP) is 3.86. The Balaban J connectivity index is 2.57. The van der Waals surface area contributed by atoms with E-state index in [1.165, 1.54) is 15.9 Å². The normalized spacial score (nSPS) is 14.4. The van der Waals surface area contributed by atoms with Gasteiger partial charge in [-0.25, -0.2) is 0 Å². The SMILES string of the molecule is C/C(=C\[C@H](C)N)CO[Si](c1ccccc1)(c1ccccc1)C(C)(C)C. The van der Waals surface area contributed by atoms with E-state index < -0.39 is 8.32 Å². The van der Waals surface area contributed by atoms with Crippen molar-refractivity contribution in [3.05, 3.63) is 72.3 Å². The zero-order valence-electron chi connectivity index (χ0n) is 16.1. The molecule has 2 N–H and O–H groups in total. The maximum Gasteiger partial charge on any atom is 0.261 e. The van der Waals surface area contributed by atoms with Gasteiger partial charge in [0, 0.05) is 6.04 Å². The molecule has 0 saturated heterocycles. The Morgan fingerprint density at radius 2 is 1.44 bits per heavy atom. The first-order valence-electron chi connectivity index (χ1n) is 8.95. The van der Waals surface area contributed by atoms with E-state index in [0.717, 1.165) is 0 Å². The highest BCUT2D eigenvalue weighted by Crippen LogP contribution is 2.36. The molecule has 25 heavy (non-hydrogen) atoms. The lowest BCUT2D eigenvalue weighted by Crippen LogP contribution is -2.66. The van der Waals surface area contributed by atoms with Crippen LogP contribution in [-0.2, 0) is 4.43 Å². The van der Waals surface area contributed by atoms with Crippen molar-refractivity contribution >= 4 is 18.7 Å². The summed E-state index contributed by atoms with van der Waals surface area (Å²) >= 11 is 0. The first-order valence-corrected chi connectivity index (χ1v) is 10.9. The van der Waals surface area contributed by atoms with Crippen LogP contribution in [0.15, 0.2) is 72.3 Å². The minimum atomic E-state index is -2.44. The molecule has 134 valence electrons. The Bertz CT molecular complexity index is 647. The number of hydrogen-bond donors (Lipinski definition) is 1. The lowest BCUT2D eigenvalue weighted by Gasteiger charge is -2.43. The second-order valence-corrected chi connectivity index (χ2v) is 12.1. The Morgan fingerprint density at radius 3 is 1.80 bits per heavy atom. The molecule has 2 nitrogen and oxygen atoms in total. The zero-order valence-corrected chi connectivity index (χ0v) is 17.1. The highest BCUT2D eigenvalue weighted by Gasteiger charge is 2.50. The first-order chi connectivity index (χ1) is 11.8. The minimum Gasteiger partial charge on any atom is -0.403 e. The van der Waals surface area contributed by atoms with Crippen LogP contribution in [0.2, 0.25) is 5.04 Å². The van der Waals surface area contributed by atoms with Crippen molar-refractivity contribution in [3.8, 4) is 0 Å². The van der Waals surface area contributed by atoms with Gasteiger partial charge in [-0.2, -0.15) is 0 Å². The van der Waals surface area contributed by atoms with E-state index in [2.05, 4.69) is 94.4 Å². The van der Waals surface area contributed by atoms with Gasteiger partial charge in [0.2, 0.25) is 0 Å². The van der Waals surface area contributed by atoms with Crippen LogP contribution in [0.25, 0.3) is 0 Å². The van der Waals surface area contributed by atoms with E-state index in [1.807, 2.05) is 6.92 Å². The van der Waals surface area contributed by atoms with E-state index in [1.54, 1.807) is 0 Å². The monoisotopic (exact) mass is 353 g/mol. The molecule has 0 saturated carbocycles. The maximum atomic E-state index is 6.84. The lowest BCUT2D eigenvalue weighted by atomic mass is 10.2. The van der Waals surface area contributed by atoms with Crippen LogP contribution in [-0.4, -0.2) is 21.0 Å². The number of rotatable bonds is 6. The molecule has 0 bridgehead atoms. The fraction of sp³-hybridized carbons (Fsp3) is 0.364. The van der Waals surface area contributed by atoms with Crippen LogP contribution in [0.1, 0.15) is 34.6 Å². The molecule has 0 aromatic heterocycles. The van der Waals surface area contributed by atoms with E-state index in [4.69, 9.17) is 10.2 Å². The standard InChI is InChI=1S/C22H31NOSi/c1-18(16-19(2)23)17-24-25(22(3,4)5,20-12-8-6-9-13-20)21-14-10-7-11-15-21/h6-16,19H,17,23H2,1-5H3/b18-16+/t19-/m0/s1. The second kappa shape index (κ2) is 8.13. The van der Waals surface area contributed by atoms with Crippen LogP contribution in [0.5, 0.6) is 0 Å². The molecule has 0 unspecified atom stereocenters. The molecule has 2 aromatic carbocycles. The average molecular weight is 354 g/mol. The van der Waals surface area contributed by atoms with Crippen molar-refractivity contribution in [2.75, 3.05) is 6.61 Å². The van der Waals surface area contributed by atoms with Gasteiger partial charge in [-0.1, -0.05) is 93.1 Å². The van der Waals surface area contributed by atoms with Gasteiger partial charge in [0.1, 0.15) is 0 Å². The van der Waals surface area contributed by atoms with Crippen molar-refractivity contribution < 1.29 is 4.43 Å². The third-order valence-corrected chi connectivity index (χ3v) is 9.46. The Kier molecular flexibility index (Phi) is 6.39. The molecule has 0 heterocycles. The summed E-state index contributed by atoms with van der Waals surface area (Å²) < 4.78 is 6.84. The molecule has 1 atom stereocenters. The quantitative estimate of drug-likeness (QED) is 0.632. The van der Waals surface area contributed by atoms with Gasteiger partial charge in [-0.15, -0.1) is 0 Å². The fourth-order valence-electron chi connectivity index (χ4n) is 3.48. The summed E-state index contributed by atoms with van der Waals surface area (Å²) in [5.74, 6) is 0. The van der Waals surface area contributed by atoms with Crippen molar-refractivity contribution in [1.82, 2.24) is 0 Å². The molecule has 0 radical (unpaired) electrons. The summed E-state index contributed by atoms with van der Waals surface area (Å²) in [5, 5.41) is 2.62. The summed E-state index contributed by atoms with van der Waals surface area (Å²) in [5.41, 5.74) is 7.10. The summed E-state index contributed by atoms with van der Waals surface area (Å²) in [6, 6.07) is 21.5. The third kappa shape index (κ3) is 4.49. The molecular weight excluding hydrogens is 322 g/mol. The van der Waals surface area contributed by atoms with Crippen molar-refractivity contribution in [3.63, 3.8) is 0 Å². The second-order valence-electron chi connectivity index (χ2n) is 7.82. The van der Waals surface area contributed by atoms with Crippen LogP contribution in [0.3, 0.4) is 0 Å². The molecule has 2 rings (SSSR count). The van der Waals surface area contributed by atoms with Gasteiger partial charge < -0.3 is 10.2 Å². The van der Waals surface area contributed by atoms with Crippen molar-refractivity contribution in [2.45, 2.75) is 45.7 Å². The lowest BCUT2D eigenvalue weighted by molar-refractivity contribution is 0.329. The average Bonchev–Trinajstić information content (AvgIpc) is 2.55. The van der Waals surface area contributed by atoms with Gasteiger partial charge in [-0.05, 0) is 29.3 Å². The van der Waals surface area contributed by atoms with Gasteiger partial charge in [-0.3, -0.25) is 0 Å². The van der Waals surface area contributed by atoms with Crippen molar-refractivity contribution in [2.24, 2.45) is 5.73 Å². The molecule has 0 aliphatic rings. The number of nitrogens with two attached hydrogens (primary N) is 1. The maximum absolute atomic E-state index is 6.84. The molecular formula is C22H31NOSi. The molecule has 3 heteroatoms. The number of hydrogen-bond acceptors (Lipinski definition) is 2. The summed E-state index contributed by atoms with van der Waals surface area (Å²) in [4.78, 5) is 0. The molecule has 0 spiro atoms. The van der Waals surface area contributed by atoms with E-state index in [0.29, 0.717) is 6.61 Å². The smallest absolute Gasteiger partial charge is 0.261 e. The number of benzene rings is 2. The van der Waals surface area contributed by atoms with E-state index in [-0.39, 0.29) is 11.1 Å². The van der Waals surface area contributed by atoms with Gasteiger partial charge in [0.15, 0.2) is 0 Å². The Labute approximate surface area is 153 Å². The van der Waals surface area contributed by atoms with Crippen LogP contribution >= 0.6 is 0 Å². The molecule has 0 fully saturated rings. The van der Waals surface area contributed by atoms with E-state index >= 15 is 0 Å². The molecule has 2 aromatic rings. The molecule has 0 amide bonds. The van der Waals surface area contributed by atoms with Gasteiger partial charge >= 0.3 is 0 Å². The van der Waals surface area contributed by atoms with Crippen LogP contribution in [0, 0.1) is 0 Å². The topological polar surface area (TPSA) is 35.2 Å². The van der Waals surface area contributed by atoms with E-state index in [9.17, 15) is 0 Å². The third-order valence-electron chi connectivity index (χ3n) is 4.48. The Morgan fingerprint density at radius 1 is 1.00 bits per heavy atom. The largest absolute Gasteiger partial charge is 0.403 e. The minimum absolute atomic E-state index is 0.00428. The highest BCUT2D eigenvalue weighted by molar-refractivity contribution is 6.99. The predicted molar refractivity (Wildman–Crippen MR) is 111 cm³/mol.